The average Bonchev–Trinajstić information content (AvgIpc) is 2.55. The van der Waals surface area contributed by atoms with Gasteiger partial charge in [0, 0.05) is 21.9 Å². The van der Waals surface area contributed by atoms with Crippen molar-refractivity contribution >= 4 is 120 Å². The quantitative estimate of drug-likeness (QED) is 0.272. The lowest BCUT2D eigenvalue weighted by atomic mass is 9.90. The third kappa shape index (κ3) is 2.73. The minimum absolute atomic E-state index is 0.0277. The summed E-state index contributed by atoms with van der Waals surface area (Å²) in [4.78, 5) is 0. The van der Waals surface area contributed by atoms with Crippen molar-refractivity contribution < 1.29 is 10.2 Å². The molecule has 0 saturated heterocycles. The van der Waals surface area contributed by atoms with E-state index in [1.54, 1.807) is 0 Å². The second kappa shape index (κ2) is 6.70. The molecule has 11 heteroatoms. The maximum Gasteiger partial charge on any atom is 0.188 e. The van der Waals surface area contributed by atoms with E-state index < -0.39 is 16.2 Å². The van der Waals surface area contributed by atoms with Gasteiger partial charge in [-0.3, -0.25) is 0 Å². The molecule has 2 aromatic carbocycles. The van der Waals surface area contributed by atoms with Crippen LogP contribution in [0.3, 0.4) is 0 Å². The fourth-order valence-electron chi connectivity index (χ4n) is 2.59. The molecule has 2 nitrogen and oxygen atoms in total. The van der Waals surface area contributed by atoms with Crippen molar-refractivity contribution in [2.75, 3.05) is 0 Å². The number of rotatable bonds is 0. The highest BCUT2D eigenvalue weighted by Gasteiger charge is 2.47. The fourth-order valence-corrected chi connectivity index (χ4v) is 5.57. The third-order valence-electron chi connectivity index (χ3n) is 3.76. The van der Waals surface area contributed by atoms with Crippen molar-refractivity contribution in [3.05, 3.63) is 41.3 Å². The molecule has 2 aromatic rings. The molecule has 2 atom stereocenters. The van der Waals surface area contributed by atoms with Crippen LogP contribution in [0.4, 0.5) is 0 Å². The lowest BCUT2D eigenvalue weighted by Crippen LogP contribution is -2.35. The summed E-state index contributed by atoms with van der Waals surface area (Å²) < 4.78 is 0. The second-order valence-corrected chi connectivity index (χ2v) is 8.80. The predicted octanol–water partition coefficient (Wildman–Crippen LogP) is 7.96. The lowest BCUT2D eigenvalue weighted by molar-refractivity contribution is 0.133. The molecule has 25 heavy (non-hydrogen) atoms. The van der Waals surface area contributed by atoms with E-state index in [-0.39, 0.29) is 57.1 Å². The zero-order chi connectivity index (χ0) is 19.0. The first-order valence-corrected chi connectivity index (χ1v) is 9.71. The number of aliphatic hydroxyl groups is 1. The fraction of sp³-hybridized carbons (Fsp3) is 0.143. The van der Waals surface area contributed by atoms with Gasteiger partial charge in [0.25, 0.3) is 0 Å². The first-order valence-electron chi connectivity index (χ1n) is 6.25. The van der Waals surface area contributed by atoms with Crippen molar-refractivity contribution in [3.8, 4) is 5.75 Å². The standard InChI is InChI=1S/C14H3Cl9O2/c15-5-1-2(7(17)10(20)12(24)9(1)19)6(16)4-3(5)8(18)11(21)13(22)14(4,23)25/h13,24-25H. The van der Waals surface area contributed by atoms with Crippen LogP contribution >= 0.6 is 104 Å². The van der Waals surface area contributed by atoms with Crippen LogP contribution in [0.5, 0.6) is 5.75 Å². The minimum Gasteiger partial charge on any atom is -0.505 e. The number of phenols is 1. The Balaban J connectivity index is 2.69. The molecule has 2 unspecified atom stereocenters. The van der Waals surface area contributed by atoms with E-state index in [1.807, 2.05) is 0 Å². The number of hydrogen-bond acceptors (Lipinski definition) is 2. The number of halogens is 9. The Morgan fingerprint density at radius 1 is 0.760 bits per heavy atom. The summed E-state index contributed by atoms with van der Waals surface area (Å²) in [7, 11) is 0. The van der Waals surface area contributed by atoms with Gasteiger partial charge >= 0.3 is 0 Å². The van der Waals surface area contributed by atoms with Gasteiger partial charge in [-0.15, -0.1) is 11.6 Å². The van der Waals surface area contributed by atoms with E-state index in [2.05, 4.69) is 0 Å². The van der Waals surface area contributed by atoms with Gasteiger partial charge in [-0.25, -0.2) is 0 Å². The van der Waals surface area contributed by atoms with Gasteiger partial charge in [0.1, 0.15) is 10.4 Å². The molecule has 1 aliphatic rings. The predicted molar refractivity (Wildman–Crippen MR) is 109 cm³/mol. The zero-order valence-electron chi connectivity index (χ0n) is 11.4. The molecule has 0 radical (unpaired) electrons. The average molecular weight is 522 g/mol. The summed E-state index contributed by atoms with van der Waals surface area (Å²) >= 11 is 55.8. The molecule has 0 bridgehead atoms. The smallest absolute Gasteiger partial charge is 0.188 e. The summed E-state index contributed by atoms with van der Waals surface area (Å²) in [5.41, 5.74) is -0.0672. The van der Waals surface area contributed by atoms with Crippen molar-refractivity contribution in [2.24, 2.45) is 0 Å². The van der Waals surface area contributed by atoms with Gasteiger partial charge in [-0.05, 0) is 0 Å². The first kappa shape index (κ1) is 20.5. The van der Waals surface area contributed by atoms with E-state index >= 15 is 0 Å². The van der Waals surface area contributed by atoms with Gasteiger partial charge in [-0.2, -0.15) is 0 Å². The number of alkyl halides is 2. The molecule has 134 valence electrons. The van der Waals surface area contributed by atoms with Crippen LogP contribution in [0.15, 0.2) is 5.03 Å². The molecule has 1 aliphatic carbocycles. The molecule has 0 heterocycles. The lowest BCUT2D eigenvalue weighted by Gasteiger charge is -2.35. The SMILES string of the molecule is Oc1c(Cl)c(Cl)c2c(Cl)c3c(c(Cl)c2c1Cl)C(Cl)=C(Cl)C(Cl)C3(O)Cl. The Kier molecular flexibility index (Phi) is 5.51. The Morgan fingerprint density at radius 3 is 1.84 bits per heavy atom. The van der Waals surface area contributed by atoms with Crippen LogP contribution in [-0.4, -0.2) is 15.6 Å². The molecular formula is C14H3Cl9O2. The highest BCUT2D eigenvalue weighted by atomic mass is 35.5. The van der Waals surface area contributed by atoms with E-state index in [9.17, 15) is 10.2 Å². The molecule has 0 fully saturated rings. The van der Waals surface area contributed by atoms with Crippen molar-refractivity contribution in [1.82, 2.24) is 0 Å². The first-order chi connectivity index (χ1) is 11.4. The van der Waals surface area contributed by atoms with Gasteiger partial charge in [0.15, 0.2) is 10.8 Å². The summed E-state index contributed by atoms with van der Waals surface area (Å²) in [5.74, 6) is -0.489. The Labute approximate surface area is 186 Å². The molecule has 0 saturated carbocycles. The topological polar surface area (TPSA) is 40.5 Å². The summed E-state index contributed by atoms with van der Waals surface area (Å²) in [6.45, 7) is 0. The third-order valence-corrected chi connectivity index (χ3v) is 7.79. The van der Waals surface area contributed by atoms with Crippen LogP contribution in [0.2, 0.25) is 25.1 Å². The van der Waals surface area contributed by atoms with Crippen molar-refractivity contribution in [2.45, 2.75) is 10.4 Å². The van der Waals surface area contributed by atoms with Gasteiger partial charge in [-0.1, -0.05) is 92.8 Å². The van der Waals surface area contributed by atoms with Gasteiger partial charge < -0.3 is 10.2 Å². The van der Waals surface area contributed by atoms with E-state index in [0.717, 1.165) is 0 Å². The van der Waals surface area contributed by atoms with Crippen LogP contribution in [0.25, 0.3) is 15.8 Å². The van der Waals surface area contributed by atoms with E-state index in [0.29, 0.717) is 0 Å². The molecule has 2 N–H and O–H groups in total. The van der Waals surface area contributed by atoms with Crippen LogP contribution in [0, 0.1) is 0 Å². The van der Waals surface area contributed by atoms with Crippen LogP contribution < -0.4 is 0 Å². The van der Waals surface area contributed by atoms with Gasteiger partial charge in [0.05, 0.1) is 30.2 Å². The minimum atomic E-state index is -2.23. The highest BCUT2D eigenvalue weighted by Crippen LogP contribution is 2.58. The molecule has 3 rings (SSSR count). The van der Waals surface area contributed by atoms with E-state index in [1.165, 1.54) is 0 Å². The number of aromatic hydroxyl groups is 1. The largest absolute Gasteiger partial charge is 0.505 e. The van der Waals surface area contributed by atoms with Crippen LogP contribution in [-0.2, 0) is 5.06 Å². The Hall–Kier alpha value is 0.810. The van der Waals surface area contributed by atoms with E-state index in [4.69, 9.17) is 104 Å². The number of benzene rings is 2. The zero-order valence-corrected chi connectivity index (χ0v) is 18.2. The maximum atomic E-state index is 10.7. The highest BCUT2D eigenvalue weighted by molar-refractivity contribution is 6.61. The van der Waals surface area contributed by atoms with Crippen molar-refractivity contribution in [1.29, 1.82) is 0 Å². The Bertz CT molecular complexity index is 981. The normalized spacial score (nSPS) is 23.4. The molecule has 0 amide bonds. The number of phenolic OH excluding ortho intramolecular Hbond substituents is 1. The van der Waals surface area contributed by atoms with Crippen LogP contribution in [0.1, 0.15) is 11.1 Å². The van der Waals surface area contributed by atoms with Crippen molar-refractivity contribution in [3.63, 3.8) is 0 Å². The monoisotopic (exact) mass is 518 g/mol. The van der Waals surface area contributed by atoms with Gasteiger partial charge in [0.2, 0.25) is 0 Å². The maximum absolute atomic E-state index is 10.7. The number of fused-ring (bicyclic) bond motifs is 2. The molecule has 0 aliphatic heterocycles. The molecule has 0 aromatic heterocycles. The summed E-state index contributed by atoms with van der Waals surface area (Å²) in [5, 5.41) is 16.3. The summed E-state index contributed by atoms with van der Waals surface area (Å²) in [6, 6.07) is 0. The summed E-state index contributed by atoms with van der Waals surface area (Å²) in [6.07, 6.45) is 0. The molecule has 0 spiro atoms. The Morgan fingerprint density at radius 2 is 1.28 bits per heavy atom. The molecular weight excluding hydrogens is 519 g/mol. The number of hydrogen-bond donors (Lipinski definition) is 2. The second-order valence-electron chi connectivity index (χ2n) is 5.12.